The van der Waals surface area contributed by atoms with E-state index >= 15 is 0 Å². The highest BCUT2D eigenvalue weighted by Crippen LogP contribution is 2.10. The number of hydrogen-bond donors (Lipinski definition) is 1. The van der Waals surface area contributed by atoms with Crippen molar-refractivity contribution >= 4 is 17.9 Å². The topological polar surface area (TPSA) is 54.9 Å². The van der Waals surface area contributed by atoms with Crippen LogP contribution in [0.1, 0.15) is 52.0 Å². The Morgan fingerprint density at radius 2 is 1.48 bits per heavy atom. The Labute approximate surface area is 128 Å². The molecule has 0 aliphatic rings. The molecule has 0 aliphatic carbocycles. The average Bonchev–Trinajstić information content (AvgIpc) is 2.61. The lowest BCUT2D eigenvalue weighted by Crippen LogP contribution is -1.98. The van der Waals surface area contributed by atoms with Crippen LogP contribution in [0.15, 0.2) is 42.6 Å². The summed E-state index contributed by atoms with van der Waals surface area (Å²) >= 11 is 0. The van der Waals surface area contributed by atoms with Crippen LogP contribution >= 0.6 is 0 Å². The van der Waals surface area contributed by atoms with Crippen molar-refractivity contribution in [2.75, 3.05) is 5.32 Å². The lowest BCUT2D eigenvalue weighted by molar-refractivity contribution is 0.111. The van der Waals surface area contributed by atoms with Crippen molar-refractivity contribution < 1.29 is 4.79 Å². The van der Waals surface area contributed by atoms with Crippen LogP contribution in [0, 0.1) is 0 Å². The first-order valence-corrected chi connectivity index (χ1v) is 7.49. The second-order valence-electron chi connectivity index (χ2n) is 2.91. The van der Waals surface area contributed by atoms with E-state index in [9.17, 15) is 4.79 Å². The molecule has 0 aliphatic heterocycles. The van der Waals surface area contributed by atoms with Crippen LogP contribution in [0.3, 0.4) is 0 Å². The molecule has 2 aromatic rings. The first-order valence-electron chi connectivity index (χ1n) is 7.49. The second kappa shape index (κ2) is 15.8. The number of aromatic nitrogens is 2. The first-order chi connectivity index (χ1) is 10.4. The van der Waals surface area contributed by atoms with Gasteiger partial charge in [0.1, 0.15) is 5.69 Å². The van der Waals surface area contributed by atoms with Gasteiger partial charge in [0, 0.05) is 11.9 Å². The monoisotopic (exact) mass is 289 g/mol. The molecule has 0 fully saturated rings. The Morgan fingerprint density at radius 3 is 2.00 bits per heavy atom. The van der Waals surface area contributed by atoms with Crippen molar-refractivity contribution in [3.8, 4) is 0 Å². The number of rotatable bonds is 3. The van der Waals surface area contributed by atoms with E-state index in [0.29, 0.717) is 17.9 Å². The third kappa shape index (κ3) is 9.32. The van der Waals surface area contributed by atoms with Gasteiger partial charge in [0.2, 0.25) is 5.95 Å². The minimum Gasteiger partial charge on any atom is -0.324 e. The fourth-order valence-electron chi connectivity index (χ4n) is 1.15. The fraction of sp³-hybridized carbons (Fsp3) is 0.353. The van der Waals surface area contributed by atoms with Crippen molar-refractivity contribution in [2.45, 2.75) is 41.5 Å². The van der Waals surface area contributed by atoms with Gasteiger partial charge in [0.15, 0.2) is 6.29 Å². The molecule has 0 atom stereocenters. The van der Waals surface area contributed by atoms with Gasteiger partial charge in [0.05, 0.1) is 0 Å². The predicted octanol–water partition coefficient (Wildman–Crippen LogP) is 5.11. The average molecular weight is 289 g/mol. The molecule has 0 radical (unpaired) electrons. The van der Waals surface area contributed by atoms with E-state index < -0.39 is 0 Å². The number of nitrogens with one attached hydrogen (secondary N) is 1. The van der Waals surface area contributed by atoms with E-state index in [-0.39, 0.29) is 0 Å². The normalized spacial score (nSPS) is 7.71. The molecule has 0 unspecified atom stereocenters. The van der Waals surface area contributed by atoms with Gasteiger partial charge in [0.25, 0.3) is 0 Å². The predicted molar refractivity (Wildman–Crippen MR) is 91.2 cm³/mol. The molecule has 0 amide bonds. The molecule has 1 aromatic carbocycles. The quantitative estimate of drug-likeness (QED) is 0.798. The van der Waals surface area contributed by atoms with E-state index in [1.54, 1.807) is 12.3 Å². The smallest absolute Gasteiger partial charge is 0.227 e. The summed E-state index contributed by atoms with van der Waals surface area (Å²) in [4.78, 5) is 18.5. The second-order valence-corrected chi connectivity index (χ2v) is 2.91. The summed E-state index contributed by atoms with van der Waals surface area (Å²) in [7, 11) is 0. The lowest BCUT2D eigenvalue weighted by Gasteiger charge is -2.03. The Balaban J connectivity index is 0. The van der Waals surface area contributed by atoms with Crippen molar-refractivity contribution in [3.63, 3.8) is 0 Å². The third-order valence-corrected chi connectivity index (χ3v) is 1.83. The van der Waals surface area contributed by atoms with Crippen molar-refractivity contribution in [1.82, 2.24) is 9.97 Å². The van der Waals surface area contributed by atoms with Crippen molar-refractivity contribution in [1.29, 1.82) is 0 Å². The third-order valence-electron chi connectivity index (χ3n) is 1.83. The summed E-state index contributed by atoms with van der Waals surface area (Å²) in [5.41, 5.74) is 1.25. The van der Waals surface area contributed by atoms with Crippen molar-refractivity contribution in [2.24, 2.45) is 0 Å². The molecule has 1 N–H and O–H groups in total. The molecular weight excluding hydrogens is 262 g/mol. The molecule has 4 heteroatoms. The summed E-state index contributed by atoms with van der Waals surface area (Å²) in [6, 6.07) is 11.1. The highest BCUT2D eigenvalue weighted by molar-refractivity contribution is 5.72. The lowest BCUT2D eigenvalue weighted by atomic mass is 10.3. The zero-order chi connectivity index (χ0) is 16.5. The molecule has 0 bridgehead atoms. The summed E-state index contributed by atoms with van der Waals surface area (Å²) in [5.74, 6) is 0.422. The largest absolute Gasteiger partial charge is 0.324 e. The standard InChI is InChI=1S/C11H9N3O.3C2H6/c15-8-10-6-7-12-11(14-10)13-9-4-2-1-3-5-9;3*1-2/h1-8H,(H,12,13,14);3*1-2H3. The molecule has 0 spiro atoms. The Kier molecular flexibility index (Phi) is 15.9. The van der Waals surface area contributed by atoms with Gasteiger partial charge in [-0.25, -0.2) is 9.97 Å². The summed E-state index contributed by atoms with van der Waals surface area (Å²) in [6.45, 7) is 12.0. The van der Waals surface area contributed by atoms with Crippen LogP contribution in [0.2, 0.25) is 0 Å². The minimum atomic E-state index is 0.364. The zero-order valence-electron chi connectivity index (χ0n) is 13.9. The van der Waals surface area contributed by atoms with Gasteiger partial charge in [-0.2, -0.15) is 0 Å². The summed E-state index contributed by atoms with van der Waals surface area (Å²) in [5, 5.41) is 3.00. The maximum absolute atomic E-state index is 10.5. The molecule has 1 heterocycles. The number of anilines is 2. The van der Waals surface area contributed by atoms with E-state index in [2.05, 4.69) is 15.3 Å². The molecule has 21 heavy (non-hydrogen) atoms. The minimum absolute atomic E-state index is 0.364. The van der Waals surface area contributed by atoms with Crippen LogP contribution in [0.4, 0.5) is 11.6 Å². The van der Waals surface area contributed by atoms with Gasteiger partial charge >= 0.3 is 0 Å². The number of aldehydes is 1. The van der Waals surface area contributed by atoms with Crippen LogP contribution in [0.5, 0.6) is 0 Å². The van der Waals surface area contributed by atoms with Crippen LogP contribution in [0.25, 0.3) is 0 Å². The number of nitrogens with zero attached hydrogens (tertiary/aromatic N) is 2. The molecule has 4 nitrogen and oxygen atoms in total. The Bertz CT molecular complexity index is 459. The molecule has 2 rings (SSSR count). The van der Waals surface area contributed by atoms with Crippen LogP contribution in [-0.4, -0.2) is 16.3 Å². The van der Waals surface area contributed by atoms with Crippen LogP contribution in [-0.2, 0) is 0 Å². The van der Waals surface area contributed by atoms with Gasteiger partial charge in [-0.15, -0.1) is 0 Å². The highest BCUT2D eigenvalue weighted by atomic mass is 16.1. The summed E-state index contributed by atoms with van der Waals surface area (Å²) < 4.78 is 0. The van der Waals surface area contributed by atoms with Gasteiger partial charge in [-0.1, -0.05) is 59.7 Å². The van der Waals surface area contributed by atoms with Gasteiger partial charge in [-0.3, -0.25) is 4.79 Å². The zero-order valence-corrected chi connectivity index (χ0v) is 13.9. The number of benzene rings is 1. The van der Waals surface area contributed by atoms with E-state index in [1.165, 1.54) is 0 Å². The summed E-state index contributed by atoms with van der Waals surface area (Å²) in [6.07, 6.45) is 2.24. The number of carbonyl (C=O) groups excluding carboxylic acids is 1. The maximum atomic E-state index is 10.5. The Hall–Kier alpha value is -2.23. The van der Waals surface area contributed by atoms with E-state index in [1.807, 2.05) is 71.9 Å². The molecular formula is C17H27N3O. The van der Waals surface area contributed by atoms with E-state index in [4.69, 9.17) is 0 Å². The fourth-order valence-corrected chi connectivity index (χ4v) is 1.15. The number of carbonyl (C=O) groups is 1. The highest BCUT2D eigenvalue weighted by Gasteiger charge is 1.97. The maximum Gasteiger partial charge on any atom is 0.227 e. The van der Waals surface area contributed by atoms with Gasteiger partial charge in [-0.05, 0) is 18.2 Å². The molecule has 1 aromatic heterocycles. The van der Waals surface area contributed by atoms with Crippen molar-refractivity contribution in [3.05, 3.63) is 48.3 Å². The Morgan fingerprint density at radius 1 is 0.905 bits per heavy atom. The molecule has 116 valence electrons. The number of para-hydroxylation sites is 1. The van der Waals surface area contributed by atoms with E-state index in [0.717, 1.165) is 5.69 Å². The molecule has 0 saturated carbocycles. The molecule has 0 saturated heterocycles. The number of hydrogen-bond acceptors (Lipinski definition) is 4. The van der Waals surface area contributed by atoms with Crippen LogP contribution < -0.4 is 5.32 Å². The van der Waals surface area contributed by atoms with Gasteiger partial charge < -0.3 is 5.32 Å². The first kappa shape index (κ1) is 21.1. The SMILES string of the molecule is CC.CC.CC.O=Cc1ccnc(Nc2ccccc2)n1.